The van der Waals surface area contributed by atoms with Gasteiger partial charge in [-0.25, -0.2) is 0 Å². The summed E-state index contributed by atoms with van der Waals surface area (Å²) in [6.07, 6.45) is 10.1. The van der Waals surface area contributed by atoms with Crippen molar-refractivity contribution in [1.82, 2.24) is 5.32 Å². The maximum absolute atomic E-state index is 3.76. The predicted molar refractivity (Wildman–Crippen MR) is 68.0 cm³/mol. The van der Waals surface area contributed by atoms with Gasteiger partial charge in [0.25, 0.3) is 0 Å². The molecular formula is C14H27N. The van der Waals surface area contributed by atoms with Crippen molar-refractivity contribution in [1.29, 1.82) is 0 Å². The molecule has 0 radical (unpaired) electrons. The van der Waals surface area contributed by atoms with Gasteiger partial charge in [0.2, 0.25) is 0 Å². The largest absolute Gasteiger partial charge is 0.314 e. The maximum Gasteiger partial charge on any atom is 0.00978 e. The SMILES string of the molecule is C=CCCCCCC(NCC)C1CC1C. The van der Waals surface area contributed by atoms with Crippen molar-refractivity contribution >= 4 is 0 Å². The molecule has 0 aliphatic heterocycles. The van der Waals surface area contributed by atoms with Gasteiger partial charge in [-0.1, -0.05) is 32.8 Å². The number of rotatable bonds is 9. The first kappa shape index (κ1) is 12.8. The molecule has 0 aromatic heterocycles. The van der Waals surface area contributed by atoms with Gasteiger partial charge in [-0.05, 0) is 44.1 Å². The standard InChI is InChI=1S/C14H27N/c1-4-6-7-8-9-10-14(15-5-2)13-11-12(13)3/h4,12-15H,1,5-11H2,2-3H3. The number of allylic oxidation sites excluding steroid dienone is 1. The molecule has 3 unspecified atom stereocenters. The molecule has 1 N–H and O–H groups in total. The molecule has 1 saturated carbocycles. The van der Waals surface area contributed by atoms with E-state index in [0.29, 0.717) is 0 Å². The van der Waals surface area contributed by atoms with Crippen LogP contribution in [0, 0.1) is 11.8 Å². The van der Waals surface area contributed by atoms with E-state index in [9.17, 15) is 0 Å². The third-order valence-corrected chi connectivity index (χ3v) is 3.58. The van der Waals surface area contributed by atoms with Crippen LogP contribution >= 0.6 is 0 Å². The molecule has 1 aliphatic rings. The lowest BCUT2D eigenvalue weighted by atomic mass is 10.0. The number of hydrogen-bond donors (Lipinski definition) is 1. The second-order valence-corrected chi connectivity index (χ2v) is 4.97. The maximum atomic E-state index is 3.76. The van der Waals surface area contributed by atoms with Crippen molar-refractivity contribution < 1.29 is 0 Å². The molecule has 0 bridgehead atoms. The number of hydrogen-bond acceptors (Lipinski definition) is 1. The van der Waals surface area contributed by atoms with Crippen molar-refractivity contribution in [3.63, 3.8) is 0 Å². The Kier molecular flexibility index (Phi) is 6.00. The summed E-state index contributed by atoms with van der Waals surface area (Å²) in [5, 5.41) is 3.65. The van der Waals surface area contributed by atoms with Gasteiger partial charge in [0.15, 0.2) is 0 Å². The van der Waals surface area contributed by atoms with Crippen molar-refractivity contribution in [2.24, 2.45) is 11.8 Å². The first-order chi connectivity index (χ1) is 7.29. The lowest BCUT2D eigenvalue weighted by molar-refractivity contribution is 0.412. The molecule has 88 valence electrons. The summed E-state index contributed by atoms with van der Waals surface area (Å²) in [5.74, 6) is 1.95. The van der Waals surface area contributed by atoms with E-state index >= 15 is 0 Å². The lowest BCUT2D eigenvalue weighted by Gasteiger charge is -2.17. The summed E-state index contributed by atoms with van der Waals surface area (Å²) in [6, 6.07) is 0.800. The zero-order chi connectivity index (χ0) is 11.1. The fraction of sp³-hybridized carbons (Fsp3) is 0.857. The average molecular weight is 209 g/mol. The van der Waals surface area contributed by atoms with Gasteiger partial charge in [-0.3, -0.25) is 0 Å². The van der Waals surface area contributed by atoms with Crippen molar-refractivity contribution in [3.05, 3.63) is 12.7 Å². The number of unbranched alkanes of at least 4 members (excludes halogenated alkanes) is 3. The Labute approximate surface area is 95.3 Å². The third kappa shape index (κ3) is 4.83. The summed E-state index contributed by atoms with van der Waals surface area (Å²) in [6.45, 7) is 9.49. The molecule has 0 amide bonds. The molecule has 1 nitrogen and oxygen atoms in total. The summed E-state index contributed by atoms with van der Waals surface area (Å²) in [4.78, 5) is 0. The molecule has 1 aliphatic carbocycles. The first-order valence-corrected chi connectivity index (χ1v) is 6.63. The number of nitrogens with one attached hydrogen (secondary N) is 1. The fourth-order valence-corrected chi connectivity index (χ4v) is 2.47. The van der Waals surface area contributed by atoms with Gasteiger partial charge in [-0.2, -0.15) is 0 Å². The van der Waals surface area contributed by atoms with Crippen LogP contribution < -0.4 is 5.32 Å². The smallest absolute Gasteiger partial charge is 0.00978 e. The average Bonchev–Trinajstić information content (AvgIpc) is 2.94. The molecule has 0 heterocycles. The summed E-state index contributed by atoms with van der Waals surface area (Å²) >= 11 is 0. The summed E-state index contributed by atoms with van der Waals surface area (Å²) in [5.41, 5.74) is 0. The Bertz CT molecular complexity index is 176. The minimum absolute atomic E-state index is 0.800. The van der Waals surface area contributed by atoms with Gasteiger partial charge in [0, 0.05) is 6.04 Å². The van der Waals surface area contributed by atoms with Gasteiger partial charge < -0.3 is 5.32 Å². The Balaban J connectivity index is 2.06. The van der Waals surface area contributed by atoms with E-state index in [1.54, 1.807) is 0 Å². The topological polar surface area (TPSA) is 12.0 Å². The molecule has 3 atom stereocenters. The zero-order valence-electron chi connectivity index (χ0n) is 10.5. The highest BCUT2D eigenvalue weighted by Crippen LogP contribution is 2.41. The van der Waals surface area contributed by atoms with E-state index in [0.717, 1.165) is 24.4 Å². The van der Waals surface area contributed by atoms with Crippen LogP contribution in [0.25, 0.3) is 0 Å². The van der Waals surface area contributed by atoms with E-state index in [2.05, 4.69) is 25.7 Å². The highest BCUT2D eigenvalue weighted by Gasteiger charge is 2.38. The van der Waals surface area contributed by atoms with Crippen LogP contribution in [0.15, 0.2) is 12.7 Å². The van der Waals surface area contributed by atoms with Crippen molar-refractivity contribution in [2.45, 2.75) is 58.4 Å². The third-order valence-electron chi connectivity index (χ3n) is 3.58. The highest BCUT2D eigenvalue weighted by atomic mass is 14.9. The molecule has 1 heteroatoms. The van der Waals surface area contributed by atoms with E-state index in [-0.39, 0.29) is 0 Å². The first-order valence-electron chi connectivity index (χ1n) is 6.63. The van der Waals surface area contributed by atoms with Crippen LogP contribution in [0.4, 0.5) is 0 Å². The van der Waals surface area contributed by atoms with Crippen LogP contribution in [-0.4, -0.2) is 12.6 Å². The lowest BCUT2D eigenvalue weighted by Crippen LogP contribution is -2.31. The fourth-order valence-electron chi connectivity index (χ4n) is 2.47. The Morgan fingerprint density at radius 3 is 2.67 bits per heavy atom. The van der Waals surface area contributed by atoms with Gasteiger partial charge in [-0.15, -0.1) is 6.58 Å². The summed E-state index contributed by atoms with van der Waals surface area (Å²) < 4.78 is 0. The Hall–Kier alpha value is -0.300. The van der Waals surface area contributed by atoms with Crippen molar-refractivity contribution in [2.75, 3.05) is 6.54 Å². The van der Waals surface area contributed by atoms with E-state index in [1.807, 2.05) is 6.08 Å². The Morgan fingerprint density at radius 1 is 1.40 bits per heavy atom. The highest BCUT2D eigenvalue weighted by molar-refractivity contribution is 4.92. The van der Waals surface area contributed by atoms with E-state index in [1.165, 1.54) is 38.5 Å². The van der Waals surface area contributed by atoms with E-state index in [4.69, 9.17) is 0 Å². The van der Waals surface area contributed by atoms with Crippen LogP contribution in [-0.2, 0) is 0 Å². The van der Waals surface area contributed by atoms with Crippen LogP contribution in [0.5, 0.6) is 0 Å². The molecule has 0 saturated heterocycles. The van der Waals surface area contributed by atoms with E-state index < -0.39 is 0 Å². The monoisotopic (exact) mass is 209 g/mol. The molecule has 1 rings (SSSR count). The second kappa shape index (κ2) is 7.05. The molecule has 0 spiro atoms. The second-order valence-electron chi connectivity index (χ2n) is 4.97. The minimum Gasteiger partial charge on any atom is -0.314 e. The van der Waals surface area contributed by atoms with Crippen LogP contribution in [0.3, 0.4) is 0 Å². The minimum atomic E-state index is 0.800. The van der Waals surface area contributed by atoms with Gasteiger partial charge in [0.1, 0.15) is 0 Å². The Morgan fingerprint density at radius 2 is 2.13 bits per heavy atom. The molecular weight excluding hydrogens is 182 g/mol. The predicted octanol–water partition coefficient (Wildman–Crippen LogP) is 3.76. The summed E-state index contributed by atoms with van der Waals surface area (Å²) in [7, 11) is 0. The molecule has 0 aromatic rings. The normalized spacial score (nSPS) is 26.3. The van der Waals surface area contributed by atoms with Gasteiger partial charge >= 0.3 is 0 Å². The van der Waals surface area contributed by atoms with Crippen LogP contribution in [0.2, 0.25) is 0 Å². The van der Waals surface area contributed by atoms with Crippen molar-refractivity contribution in [3.8, 4) is 0 Å². The quantitative estimate of drug-likeness (QED) is 0.450. The zero-order valence-corrected chi connectivity index (χ0v) is 10.5. The van der Waals surface area contributed by atoms with Crippen LogP contribution in [0.1, 0.15) is 52.4 Å². The molecule has 15 heavy (non-hydrogen) atoms. The molecule has 0 aromatic carbocycles. The van der Waals surface area contributed by atoms with Gasteiger partial charge in [0.05, 0.1) is 0 Å². The molecule has 1 fully saturated rings.